The molecule has 1 amide bonds. The Morgan fingerprint density at radius 2 is 1.90 bits per heavy atom. The lowest BCUT2D eigenvalue weighted by molar-refractivity contribution is -0.131. The van der Waals surface area contributed by atoms with Gasteiger partial charge in [0.15, 0.2) is 11.5 Å². The zero-order chi connectivity index (χ0) is 20.8. The van der Waals surface area contributed by atoms with Crippen LogP contribution in [-0.2, 0) is 17.8 Å². The van der Waals surface area contributed by atoms with Gasteiger partial charge in [0.05, 0.1) is 27.2 Å². The molecule has 1 aromatic heterocycles. The van der Waals surface area contributed by atoms with Gasteiger partial charge in [0.25, 0.3) is 0 Å². The van der Waals surface area contributed by atoms with E-state index in [0.717, 1.165) is 16.7 Å². The number of methoxy groups -OCH3 is 2. The third kappa shape index (κ3) is 4.93. The molecule has 0 bridgehead atoms. The molecule has 0 aliphatic carbocycles. The summed E-state index contributed by atoms with van der Waals surface area (Å²) in [7, 11) is 3.15. The fraction of sp³-hybridized carbons (Fsp3) is 0.318. The van der Waals surface area contributed by atoms with Crippen molar-refractivity contribution in [1.29, 1.82) is 0 Å². The van der Waals surface area contributed by atoms with Crippen molar-refractivity contribution in [2.75, 3.05) is 20.8 Å². The van der Waals surface area contributed by atoms with Crippen molar-refractivity contribution in [1.82, 2.24) is 15.0 Å². The molecule has 0 N–H and O–H groups in total. The van der Waals surface area contributed by atoms with Crippen LogP contribution in [0.2, 0.25) is 0 Å². The quantitative estimate of drug-likeness (QED) is 0.579. The molecule has 3 aromatic rings. The zero-order valence-electron chi connectivity index (χ0n) is 17.1. The minimum Gasteiger partial charge on any atom is -0.493 e. The van der Waals surface area contributed by atoms with Crippen LogP contribution in [0.4, 0.5) is 0 Å². The highest BCUT2D eigenvalue weighted by molar-refractivity contribution is 5.79. The first-order chi connectivity index (χ1) is 14.0. The highest BCUT2D eigenvalue weighted by Gasteiger charge is 2.18. The molecule has 0 fully saturated rings. The van der Waals surface area contributed by atoms with Crippen molar-refractivity contribution >= 4 is 5.91 Å². The predicted molar refractivity (Wildman–Crippen MR) is 109 cm³/mol. The number of hydrogen-bond donors (Lipinski definition) is 0. The minimum absolute atomic E-state index is 0.0324. The molecule has 0 spiro atoms. The Morgan fingerprint density at radius 3 is 2.59 bits per heavy atom. The predicted octanol–water partition coefficient (Wildman–Crippen LogP) is 3.65. The highest BCUT2D eigenvalue weighted by atomic mass is 16.5. The van der Waals surface area contributed by atoms with Gasteiger partial charge in [-0.1, -0.05) is 35.0 Å². The lowest BCUT2D eigenvalue weighted by Gasteiger charge is -2.19. The standard InChI is InChI=1S/C22H25N3O4/c1-5-25(21(26)13-16-9-10-18(27-3)19(12-16)28-4)14-20-23-22(24-29-20)17-8-6-7-15(2)11-17/h6-12H,5,13-14H2,1-4H3. The highest BCUT2D eigenvalue weighted by Crippen LogP contribution is 2.28. The topological polar surface area (TPSA) is 77.7 Å². The Balaban J connectivity index is 1.69. The number of amides is 1. The Morgan fingerprint density at radius 1 is 1.10 bits per heavy atom. The molecule has 0 aliphatic heterocycles. The van der Waals surface area contributed by atoms with Crippen molar-refractivity contribution in [3.05, 3.63) is 59.5 Å². The third-order valence-electron chi connectivity index (χ3n) is 4.61. The second-order valence-corrected chi connectivity index (χ2v) is 6.66. The molecule has 3 rings (SSSR count). The number of aromatic nitrogens is 2. The van der Waals surface area contributed by atoms with Crippen LogP contribution in [0.3, 0.4) is 0 Å². The summed E-state index contributed by atoms with van der Waals surface area (Å²) in [6, 6.07) is 13.4. The molecule has 0 atom stereocenters. The van der Waals surface area contributed by atoms with Crippen LogP contribution < -0.4 is 9.47 Å². The number of likely N-dealkylation sites (N-methyl/N-ethyl adjacent to an activating group) is 1. The minimum atomic E-state index is -0.0324. The summed E-state index contributed by atoms with van der Waals surface area (Å²) in [5.74, 6) is 2.12. The number of hydrogen-bond acceptors (Lipinski definition) is 6. The van der Waals surface area contributed by atoms with E-state index in [1.165, 1.54) is 0 Å². The first kappa shape index (κ1) is 20.4. The molecule has 7 nitrogen and oxygen atoms in total. The van der Waals surface area contributed by atoms with E-state index in [2.05, 4.69) is 10.1 Å². The van der Waals surface area contributed by atoms with Gasteiger partial charge in [-0.25, -0.2) is 0 Å². The van der Waals surface area contributed by atoms with Crippen LogP contribution in [-0.4, -0.2) is 41.7 Å². The Bertz CT molecular complexity index is 984. The average Bonchev–Trinajstić information content (AvgIpc) is 3.20. The van der Waals surface area contributed by atoms with Crippen LogP contribution in [0.1, 0.15) is 23.9 Å². The maximum atomic E-state index is 12.8. The largest absolute Gasteiger partial charge is 0.493 e. The monoisotopic (exact) mass is 395 g/mol. The van der Waals surface area contributed by atoms with Gasteiger partial charge in [0, 0.05) is 12.1 Å². The van der Waals surface area contributed by atoms with E-state index in [1.807, 2.05) is 50.2 Å². The SMILES string of the molecule is CCN(Cc1nc(-c2cccc(C)c2)no1)C(=O)Cc1ccc(OC)c(OC)c1. The second-order valence-electron chi connectivity index (χ2n) is 6.66. The molecule has 0 aliphatic rings. The second kappa shape index (κ2) is 9.23. The van der Waals surface area contributed by atoms with Crippen LogP contribution >= 0.6 is 0 Å². The average molecular weight is 395 g/mol. The lowest BCUT2D eigenvalue weighted by Crippen LogP contribution is -2.31. The summed E-state index contributed by atoms with van der Waals surface area (Å²) < 4.78 is 15.9. The molecule has 29 heavy (non-hydrogen) atoms. The molecule has 0 radical (unpaired) electrons. The molecular weight excluding hydrogens is 370 g/mol. The van der Waals surface area contributed by atoms with Gasteiger partial charge >= 0.3 is 0 Å². The lowest BCUT2D eigenvalue weighted by atomic mass is 10.1. The van der Waals surface area contributed by atoms with Gasteiger partial charge in [-0.15, -0.1) is 0 Å². The number of ether oxygens (including phenoxy) is 2. The first-order valence-electron chi connectivity index (χ1n) is 9.42. The molecule has 152 valence electrons. The summed E-state index contributed by atoms with van der Waals surface area (Å²) >= 11 is 0. The molecule has 0 unspecified atom stereocenters. The van der Waals surface area contributed by atoms with Crippen molar-refractivity contribution in [2.45, 2.75) is 26.8 Å². The Kier molecular flexibility index (Phi) is 6.49. The molecule has 7 heteroatoms. The molecule has 0 saturated heterocycles. The number of aryl methyl sites for hydroxylation is 1. The van der Waals surface area contributed by atoms with Gasteiger partial charge in [-0.2, -0.15) is 4.98 Å². The van der Waals surface area contributed by atoms with Crippen LogP contribution in [0.25, 0.3) is 11.4 Å². The van der Waals surface area contributed by atoms with Crippen LogP contribution in [0.5, 0.6) is 11.5 Å². The fourth-order valence-electron chi connectivity index (χ4n) is 3.04. The van der Waals surface area contributed by atoms with Gasteiger partial charge in [0.2, 0.25) is 17.6 Å². The van der Waals surface area contributed by atoms with Crippen molar-refractivity contribution in [2.24, 2.45) is 0 Å². The summed E-state index contributed by atoms with van der Waals surface area (Å²) in [6.07, 6.45) is 0.243. The zero-order valence-corrected chi connectivity index (χ0v) is 17.1. The number of rotatable bonds is 8. The molecule has 0 saturated carbocycles. The normalized spacial score (nSPS) is 10.6. The molecular formula is C22H25N3O4. The van der Waals surface area contributed by atoms with E-state index in [4.69, 9.17) is 14.0 Å². The van der Waals surface area contributed by atoms with Crippen molar-refractivity contribution < 1.29 is 18.8 Å². The van der Waals surface area contributed by atoms with Crippen LogP contribution in [0.15, 0.2) is 47.0 Å². The molecule has 2 aromatic carbocycles. The maximum Gasteiger partial charge on any atom is 0.246 e. The van der Waals surface area contributed by atoms with E-state index in [0.29, 0.717) is 29.8 Å². The van der Waals surface area contributed by atoms with E-state index in [9.17, 15) is 4.79 Å². The van der Waals surface area contributed by atoms with Crippen molar-refractivity contribution in [3.63, 3.8) is 0 Å². The van der Waals surface area contributed by atoms with E-state index in [-0.39, 0.29) is 18.9 Å². The summed E-state index contributed by atoms with van der Waals surface area (Å²) in [5.41, 5.74) is 2.85. The Hall–Kier alpha value is -3.35. The van der Waals surface area contributed by atoms with Gasteiger partial charge in [-0.3, -0.25) is 4.79 Å². The summed E-state index contributed by atoms with van der Waals surface area (Å²) in [5, 5.41) is 4.05. The van der Waals surface area contributed by atoms with Gasteiger partial charge in [-0.05, 0) is 37.6 Å². The number of carbonyl (C=O) groups excluding carboxylic acids is 1. The van der Waals surface area contributed by atoms with Gasteiger partial charge < -0.3 is 18.9 Å². The third-order valence-corrected chi connectivity index (χ3v) is 4.61. The van der Waals surface area contributed by atoms with Crippen LogP contribution in [0, 0.1) is 6.92 Å². The fourth-order valence-corrected chi connectivity index (χ4v) is 3.04. The number of carbonyl (C=O) groups is 1. The van der Waals surface area contributed by atoms with Crippen molar-refractivity contribution in [3.8, 4) is 22.9 Å². The van der Waals surface area contributed by atoms with E-state index >= 15 is 0 Å². The maximum absolute atomic E-state index is 12.8. The summed E-state index contributed by atoms with van der Waals surface area (Å²) in [4.78, 5) is 18.9. The summed E-state index contributed by atoms with van der Waals surface area (Å²) in [6.45, 7) is 4.73. The molecule has 1 heterocycles. The van der Waals surface area contributed by atoms with E-state index < -0.39 is 0 Å². The van der Waals surface area contributed by atoms with E-state index in [1.54, 1.807) is 25.2 Å². The smallest absolute Gasteiger partial charge is 0.246 e. The first-order valence-corrected chi connectivity index (χ1v) is 9.42. The number of benzene rings is 2. The number of nitrogens with zero attached hydrogens (tertiary/aromatic N) is 3. The van der Waals surface area contributed by atoms with Gasteiger partial charge in [0.1, 0.15) is 0 Å². The Labute approximate surface area is 170 Å².